The number of halogens is 3. The van der Waals surface area contributed by atoms with Gasteiger partial charge in [-0.15, -0.1) is 0 Å². The van der Waals surface area contributed by atoms with Gasteiger partial charge in [0, 0.05) is 16.6 Å². The smallest absolute Gasteiger partial charge is 0.387 e. The van der Waals surface area contributed by atoms with Crippen LogP contribution in [0.1, 0.15) is 19.3 Å². The highest BCUT2D eigenvalue weighted by atomic mass is 79.9. The molecule has 2 N–H and O–H groups in total. The number of benzene rings is 1. The fourth-order valence-corrected chi connectivity index (χ4v) is 4.61. The Balaban J connectivity index is 1.32. The van der Waals surface area contributed by atoms with Crippen LogP contribution in [-0.2, 0) is 0 Å². The number of ether oxygens (including phenoxy) is 1. The van der Waals surface area contributed by atoms with Crippen LogP contribution >= 0.6 is 27.3 Å². The summed E-state index contributed by atoms with van der Waals surface area (Å²) >= 11 is 5.12. The van der Waals surface area contributed by atoms with Crippen LogP contribution in [0.4, 0.5) is 19.9 Å². The lowest BCUT2D eigenvalue weighted by atomic mass is 10.2. The number of thiazole rings is 1. The molecule has 2 aromatic heterocycles. The summed E-state index contributed by atoms with van der Waals surface area (Å²) < 4.78 is 30.7. The number of rotatable bonds is 6. The van der Waals surface area contributed by atoms with Crippen molar-refractivity contribution in [1.82, 2.24) is 15.0 Å². The highest BCUT2D eigenvalue weighted by molar-refractivity contribution is 9.10. The first-order valence-corrected chi connectivity index (χ1v) is 10.0. The van der Waals surface area contributed by atoms with E-state index in [9.17, 15) is 8.78 Å². The van der Waals surface area contributed by atoms with E-state index in [4.69, 9.17) is 0 Å². The van der Waals surface area contributed by atoms with Gasteiger partial charge in [0.1, 0.15) is 0 Å². The summed E-state index contributed by atoms with van der Waals surface area (Å²) in [5.74, 6) is 0.357. The van der Waals surface area contributed by atoms with Crippen molar-refractivity contribution in [3.63, 3.8) is 0 Å². The molecule has 1 saturated carbocycles. The summed E-state index contributed by atoms with van der Waals surface area (Å²) in [6.45, 7) is -2.88. The van der Waals surface area contributed by atoms with Crippen LogP contribution < -0.4 is 15.4 Å². The Hall–Kier alpha value is -2.07. The number of hydrogen-bond acceptors (Lipinski definition) is 7. The average molecular weight is 456 g/mol. The molecule has 10 heteroatoms. The molecule has 1 aliphatic carbocycles. The second-order valence-corrected chi connectivity index (χ2v) is 8.19. The fraction of sp³-hybridized carbons (Fsp3) is 0.353. The first-order chi connectivity index (χ1) is 13.0. The minimum atomic E-state index is -2.88. The Kier molecular flexibility index (Phi) is 5.35. The normalized spacial score (nSPS) is 19.6. The third kappa shape index (κ3) is 4.62. The lowest BCUT2D eigenvalue weighted by Crippen LogP contribution is -2.21. The van der Waals surface area contributed by atoms with Gasteiger partial charge in [-0.25, -0.2) is 15.0 Å². The number of nitrogens with zero attached hydrogens (tertiary/aromatic N) is 3. The molecule has 6 nitrogen and oxygen atoms in total. The Bertz CT molecular complexity index is 923. The van der Waals surface area contributed by atoms with Crippen molar-refractivity contribution < 1.29 is 13.5 Å². The van der Waals surface area contributed by atoms with Crippen molar-refractivity contribution in [2.24, 2.45) is 0 Å². The Morgan fingerprint density at radius 2 is 1.89 bits per heavy atom. The lowest BCUT2D eigenvalue weighted by Gasteiger charge is -2.14. The van der Waals surface area contributed by atoms with Gasteiger partial charge in [-0.2, -0.15) is 8.78 Å². The zero-order chi connectivity index (χ0) is 18.8. The van der Waals surface area contributed by atoms with Gasteiger partial charge in [0.2, 0.25) is 5.95 Å². The highest BCUT2D eigenvalue weighted by Crippen LogP contribution is 2.31. The van der Waals surface area contributed by atoms with E-state index in [2.05, 4.69) is 52.3 Å². The number of hydrogen-bond donors (Lipinski definition) is 2. The van der Waals surface area contributed by atoms with Crippen LogP contribution in [0.3, 0.4) is 0 Å². The van der Waals surface area contributed by atoms with Crippen LogP contribution in [0.2, 0.25) is 0 Å². The third-order valence-electron chi connectivity index (χ3n) is 4.30. The minimum absolute atomic E-state index is 0.0519. The van der Waals surface area contributed by atoms with E-state index < -0.39 is 6.61 Å². The van der Waals surface area contributed by atoms with Crippen molar-refractivity contribution in [2.75, 3.05) is 10.6 Å². The molecule has 0 amide bonds. The van der Waals surface area contributed by atoms with Crippen molar-refractivity contribution in [3.8, 4) is 5.75 Å². The second kappa shape index (κ2) is 7.89. The van der Waals surface area contributed by atoms with E-state index in [1.165, 1.54) is 12.4 Å². The maximum absolute atomic E-state index is 12.2. The van der Waals surface area contributed by atoms with Crippen LogP contribution in [0.25, 0.3) is 10.2 Å². The summed E-state index contributed by atoms with van der Waals surface area (Å²) in [4.78, 5) is 12.7. The van der Waals surface area contributed by atoms with Crippen LogP contribution in [0, 0.1) is 0 Å². The van der Waals surface area contributed by atoms with Crippen molar-refractivity contribution in [1.29, 1.82) is 0 Å². The quantitative estimate of drug-likeness (QED) is 0.550. The van der Waals surface area contributed by atoms with Gasteiger partial charge in [-0.3, -0.25) is 0 Å². The maximum atomic E-state index is 12.2. The van der Waals surface area contributed by atoms with E-state index >= 15 is 0 Å². The van der Waals surface area contributed by atoms with Crippen molar-refractivity contribution >= 4 is 48.6 Å². The van der Waals surface area contributed by atoms with Crippen molar-refractivity contribution in [2.45, 2.75) is 38.0 Å². The molecule has 0 bridgehead atoms. The van der Waals surface area contributed by atoms with Gasteiger partial charge in [0.15, 0.2) is 10.9 Å². The number of alkyl halides is 2. The van der Waals surface area contributed by atoms with Crippen LogP contribution in [-0.4, -0.2) is 33.6 Å². The Labute approximate surface area is 166 Å². The van der Waals surface area contributed by atoms with Crippen molar-refractivity contribution in [3.05, 3.63) is 35.1 Å². The Morgan fingerprint density at radius 1 is 1.15 bits per heavy atom. The zero-order valence-corrected chi connectivity index (χ0v) is 16.4. The number of fused-ring (bicyclic) bond motifs is 1. The molecule has 0 radical (unpaired) electrons. The molecule has 1 aromatic carbocycles. The first kappa shape index (κ1) is 18.3. The fourth-order valence-electron chi connectivity index (χ4n) is 3.12. The SMILES string of the molecule is FC(F)Oc1cnc(N[C@H]2CC[C@H](Nc3nc4ccc(Br)cc4s3)C2)nc1. The number of nitrogens with one attached hydrogen (secondary N) is 2. The van der Waals surface area contributed by atoms with Gasteiger partial charge < -0.3 is 15.4 Å². The number of aromatic nitrogens is 3. The summed E-state index contributed by atoms with van der Waals surface area (Å²) in [6.07, 6.45) is 5.35. The van der Waals surface area contributed by atoms with E-state index in [0.717, 1.165) is 39.1 Å². The van der Waals surface area contributed by atoms with E-state index in [1.807, 2.05) is 12.1 Å². The predicted octanol–water partition coefficient (Wildman–Crippen LogP) is 4.90. The summed E-state index contributed by atoms with van der Waals surface area (Å²) in [5, 5.41) is 7.66. The largest absolute Gasteiger partial charge is 0.432 e. The lowest BCUT2D eigenvalue weighted by molar-refractivity contribution is -0.0503. The van der Waals surface area contributed by atoms with E-state index in [1.54, 1.807) is 11.3 Å². The van der Waals surface area contributed by atoms with Gasteiger partial charge in [-0.05, 0) is 37.5 Å². The summed E-state index contributed by atoms with van der Waals surface area (Å²) in [5.41, 5.74) is 0.984. The molecule has 0 saturated heterocycles. The second-order valence-electron chi connectivity index (χ2n) is 6.25. The Morgan fingerprint density at radius 3 is 2.63 bits per heavy atom. The molecule has 0 aliphatic heterocycles. The standard InChI is InChI=1S/C17H16BrF2N5OS/c18-9-1-4-13-14(5-9)27-17(25-13)24-11-3-2-10(6-11)23-16-21-7-12(8-22-16)26-15(19)20/h1,4-5,7-8,10-11,15H,2-3,6H2,(H,24,25)(H,21,22,23)/t10-,11-/m0/s1. The highest BCUT2D eigenvalue weighted by Gasteiger charge is 2.26. The first-order valence-electron chi connectivity index (χ1n) is 8.41. The van der Waals surface area contributed by atoms with Gasteiger partial charge in [0.25, 0.3) is 0 Å². The van der Waals surface area contributed by atoms with Gasteiger partial charge >= 0.3 is 6.61 Å². The third-order valence-corrected chi connectivity index (χ3v) is 5.74. The number of anilines is 2. The molecule has 0 unspecified atom stereocenters. The molecule has 0 spiro atoms. The predicted molar refractivity (Wildman–Crippen MR) is 105 cm³/mol. The van der Waals surface area contributed by atoms with Gasteiger partial charge in [-0.1, -0.05) is 27.3 Å². The molecule has 2 heterocycles. The molecule has 142 valence electrons. The summed E-state index contributed by atoms with van der Waals surface area (Å²) in [6, 6.07) is 6.58. The topological polar surface area (TPSA) is 72.0 Å². The molecular weight excluding hydrogens is 440 g/mol. The maximum Gasteiger partial charge on any atom is 0.387 e. The average Bonchev–Trinajstić information content (AvgIpc) is 3.22. The summed E-state index contributed by atoms with van der Waals surface area (Å²) in [7, 11) is 0. The van der Waals surface area contributed by atoms with Gasteiger partial charge in [0.05, 0.1) is 22.6 Å². The zero-order valence-electron chi connectivity index (χ0n) is 14.0. The monoisotopic (exact) mass is 455 g/mol. The molecule has 2 atom stereocenters. The molecule has 4 rings (SSSR count). The molecular formula is C17H16BrF2N5OS. The van der Waals surface area contributed by atoms with Crippen LogP contribution in [0.5, 0.6) is 5.75 Å². The molecule has 27 heavy (non-hydrogen) atoms. The van der Waals surface area contributed by atoms with E-state index in [-0.39, 0.29) is 11.8 Å². The van der Waals surface area contributed by atoms with Crippen LogP contribution in [0.15, 0.2) is 35.1 Å². The molecule has 1 fully saturated rings. The molecule has 1 aliphatic rings. The minimum Gasteiger partial charge on any atom is -0.432 e. The molecule has 3 aromatic rings. The van der Waals surface area contributed by atoms with E-state index in [0.29, 0.717) is 12.0 Å².